The molecule has 1 atom stereocenters. The Morgan fingerprint density at radius 3 is 2.36 bits per heavy atom. The van der Waals surface area contributed by atoms with E-state index in [0.29, 0.717) is 6.04 Å². The van der Waals surface area contributed by atoms with Gasteiger partial charge in [0.15, 0.2) is 0 Å². The van der Waals surface area contributed by atoms with Gasteiger partial charge in [0.1, 0.15) is 0 Å². The second-order valence-corrected chi connectivity index (χ2v) is 4.48. The van der Waals surface area contributed by atoms with E-state index >= 15 is 0 Å². The van der Waals surface area contributed by atoms with E-state index in [1.807, 2.05) is 13.8 Å². The van der Waals surface area contributed by atoms with Crippen LogP contribution in [-0.4, -0.2) is 16.2 Å². The van der Waals surface area contributed by atoms with Crippen molar-refractivity contribution in [1.29, 1.82) is 0 Å². The van der Waals surface area contributed by atoms with Crippen molar-refractivity contribution in [3.63, 3.8) is 0 Å². The number of hydrogen-bond acceptors (Lipinski definition) is 2. The lowest BCUT2D eigenvalue weighted by molar-refractivity contribution is 0.539. The molecule has 0 bridgehead atoms. The summed E-state index contributed by atoms with van der Waals surface area (Å²) in [5.74, 6) is 0.727. The molecule has 14 heavy (non-hydrogen) atoms. The number of aromatic nitrogens is 2. The largest absolute Gasteiger partial charge is 0.380 e. The van der Waals surface area contributed by atoms with Crippen molar-refractivity contribution in [2.45, 2.75) is 47.1 Å². The van der Waals surface area contributed by atoms with Gasteiger partial charge >= 0.3 is 0 Å². The Balaban J connectivity index is 2.59. The van der Waals surface area contributed by atoms with Crippen molar-refractivity contribution in [3.05, 3.63) is 11.4 Å². The normalized spacial score (nSPS) is 13.3. The van der Waals surface area contributed by atoms with Crippen LogP contribution >= 0.6 is 0 Å². The van der Waals surface area contributed by atoms with E-state index in [4.69, 9.17) is 0 Å². The van der Waals surface area contributed by atoms with Crippen molar-refractivity contribution < 1.29 is 0 Å². The van der Waals surface area contributed by atoms with Gasteiger partial charge in [-0.3, -0.25) is 5.10 Å². The maximum atomic E-state index is 4.16. The van der Waals surface area contributed by atoms with Crippen LogP contribution < -0.4 is 5.32 Å². The van der Waals surface area contributed by atoms with Gasteiger partial charge in [-0.2, -0.15) is 5.10 Å². The van der Waals surface area contributed by atoms with Gasteiger partial charge in [0, 0.05) is 6.04 Å². The maximum Gasteiger partial charge on any atom is 0.0825 e. The van der Waals surface area contributed by atoms with E-state index in [-0.39, 0.29) is 0 Å². The molecule has 1 unspecified atom stereocenters. The lowest BCUT2D eigenvalue weighted by Gasteiger charge is -2.17. The van der Waals surface area contributed by atoms with Gasteiger partial charge in [0.2, 0.25) is 0 Å². The number of nitrogens with zero attached hydrogens (tertiary/aromatic N) is 1. The summed E-state index contributed by atoms with van der Waals surface area (Å²) < 4.78 is 0. The Morgan fingerprint density at radius 1 is 1.29 bits per heavy atom. The van der Waals surface area contributed by atoms with Crippen LogP contribution in [-0.2, 0) is 0 Å². The van der Waals surface area contributed by atoms with E-state index in [0.717, 1.165) is 23.0 Å². The lowest BCUT2D eigenvalue weighted by Crippen LogP contribution is -2.18. The van der Waals surface area contributed by atoms with Crippen molar-refractivity contribution in [2.24, 2.45) is 5.92 Å². The van der Waals surface area contributed by atoms with Gasteiger partial charge in [-0.1, -0.05) is 13.8 Å². The molecule has 2 N–H and O–H groups in total. The molecular formula is C11H21N3. The zero-order valence-corrected chi connectivity index (χ0v) is 9.81. The Labute approximate surface area is 86.3 Å². The second-order valence-electron chi connectivity index (χ2n) is 4.48. The highest BCUT2D eigenvalue weighted by atomic mass is 15.2. The maximum absolute atomic E-state index is 4.16. The molecule has 80 valence electrons. The van der Waals surface area contributed by atoms with E-state index < -0.39 is 0 Å². The average Bonchev–Trinajstić information content (AvgIpc) is 2.34. The first-order valence-corrected chi connectivity index (χ1v) is 5.28. The van der Waals surface area contributed by atoms with Crippen LogP contribution in [0.25, 0.3) is 0 Å². The molecule has 0 spiro atoms. The van der Waals surface area contributed by atoms with E-state index in [9.17, 15) is 0 Å². The van der Waals surface area contributed by atoms with Crippen LogP contribution in [0.5, 0.6) is 0 Å². The summed E-state index contributed by atoms with van der Waals surface area (Å²) in [7, 11) is 0. The van der Waals surface area contributed by atoms with Crippen LogP contribution in [0.1, 0.15) is 38.6 Å². The molecule has 1 rings (SSSR count). The third-order valence-electron chi connectivity index (χ3n) is 2.34. The van der Waals surface area contributed by atoms with Gasteiger partial charge < -0.3 is 5.32 Å². The fourth-order valence-electron chi connectivity index (χ4n) is 1.78. The smallest absolute Gasteiger partial charge is 0.0825 e. The number of rotatable bonds is 4. The fraction of sp³-hybridized carbons (Fsp3) is 0.727. The summed E-state index contributed by atoms with van der Waals surface area (Å²) in [4.78, 5) is 0. The molecule has 1 heterocycles. The molecule has 0 radical (unpaired) electrons. The van der Waals surface area contributed by atoms with Crippen molar-refractivity contribution in [3.8, 4) is 0 Å². The molecule has 0 saturated carbocycles. The Kier molecular flexibility index (Phi) is 3.55. The molecule has 0 fully saturated rings. The first-order valence-electron chi connectivity index (χ1n) is 5.28. The highest BCUT2D eigenvalue weighted by molar-refractivity contribution is 5.51. The van der Waals surface area contributed by atoms with Crippen molar-refractivity contribution in [2.75, 3.05) is 5.32 Å². The summed E-state index contributed by atoms with van der Waals surface area (Å²) in [5.41, 5.74) is 3.34. The third kappa shape index (κ3) is 2.76. The number of nitrogens with one attached hydrogen (secondary N) is 2. The van der Waals surface area contributed by atoms with Crippen LogP contribution in [0.15, 0.2) is 0 Å². The quantitative estimate of drug-likeness (QED) is 0.775. The minimum absolute atomic E-state index is 0.505. The van der Waals surface area contributed by atoms with Crippen molar-refractivity contribution in [1.82, 2.24) is 10.2 Å². The third-order valence-corrected chi connectivity index (χ3v) is 2.34. The van der Waals surface area contributed by atoms with Gasteiger partial charge in [-0.05, 0) is 33.1 Å². The zero-order chi connectivity index (χ0) is 10.7. The molecule has 0 aliphatic heterocycles. The fourth-order valence-corrected chi connectivity index (χ4v) is 1.78. The predicted molar refractivity (Wildman–Crippen MR) is 60.6 cm³/mol. The molecule has 1 aromatic heterocycles. The average molecular weight is 195 g/mol. The molecule has 1 aromatic rings. The minimum atomic E-state index is 0.505. The van der Waals surface area contributed by atoms with Gasteiger partial charge in [0.05, 0.1) is 17.1 Å². The predicted octanol–water partition coefficient (Wildman–Crippen LogP) is 2.87. The first-order chi connectivity index (χ1) is 6.50. The Morgan fingerprint density at radius 2 is 1.93 bits per heavy atom. The number of anilines is 1. The molecule has 0 aliphatic rings. The van der Waals surface area contributed by atoms with Crippen LogP contribution in [0.3, 0.4) is 0 Å². The highest BCUT2D eigenvalue weighted by Crippen LogP contribution is 2.19. The van der Waals surface area contributed by atoms with E-state index in [2.05, 4.69) is 36.3 Å². The summed E-state index contributed by atoms with van der Waals surface area (Å²) >= 11 is 0. The van der Waals surface area contributed by atoms with E-state index in [1.165, 1.54) is 6.42 Å². The molecule has 0 saturated heterocycles. The molecule has 0 aliphatic carbocycles. The molecule has 3 nitrogen and oxygen atoms in total. The van der Waals surface area contributed by atoms with Crippen LogP contribution in [0, 0.1) is 19.8 Å². The molecule has 3 heteroatoms. The monoisotopic (exact) mass is 195 g/mol. The lowest BCUT2D eigenvalue weighted by atomic mass is 10.0. The second kappa shape index (κ2) is 4.49. The van der Waals surface area contributed by atoms with Gasteiger partial charge in [-0.25, -0.2) is 0 Å². The standard InChI is InChI=1S/C11H21N3/c1-7(2)6-8(3)12-11-9(4)13-14-10(11)5/h7-8,12H,6H2,1-5H3,(H,13,14). The SMILES string of the molecule is Cc1n[nH]c(C)c1NC(C)CC(C)C. The minimum Gasteiger partial charge on any atom is -0.380 e. The first kappa shape index (κ1) is 11.1. The summed E-state index contributed by atoms with van der Waals surface area (Å²) in [6.07, 6.45) is 1.18. The summed E-state index contributed by atoms with van der Waals surface area (Å²) in [5, 5.41) is 10.6. The zero-order valence-electron chi connectivity index (χ0n) is 9.81. The van der Waals surface area contributed by atoms with E-state index in [1.54, 1.807) is 0 Å². The summed E-state index contributed by atoms with van der Waals surface area (Å²) in [6, 6.07) is 0.505. The van der Waals surface area contributed by atoms with Gasteiger partial charge in [-0.15, -0.1) is 0 Å². The van der Waals surface area contributed by atoms with Crippen LogP contribution in [0.2, 0.25) is 0 Å². The highest BCUT2D eigenvalue weighted by Gasteiger charge is 2.10. The summed E-state index contributed by atoms with van der Waals surface area (Å²) in [6.45, 7) is 10.8. The van der Waals surface area contributed by atoms with Crippen molar-refractivity contribution >= 4 is 5.69 Å². The molecule has 0 amide bonds. The number of aryl methyl sites for hydroxylation is 2. The Hall–Kier alpha value is -0.990. The van der Waals surface area contributed by atoms with Gasteiger partial charge in [0.25, 0.3) is 0 Å². The Bertz CT molecular complexity index is 269. The van der Waals surface area contributed by atoms with Crippen LogP contribution in [0.4, 0.5) is 5.69 Å². The number of hydrogen-bond donors (Lipinski definition) is 2. The number of aromatic amines is 1. The number of H-pyrrole nitrogens is 1. The molecular weight excluding hydrogens is 174 g/mol. The topological polar surface area (TPSA) is 40.7 Å². The molecule has 0 aromatic carbocycles.